The quantitative estimate of drug-likeness (QED) is 0.426. The van der Waals surface area contributed by atoms with Gasteiger partial charge in [-0.25, -0.2) is 4.98 Å². The number of nitrogens with zero attached hydrogens (tertiary/aromatic N) is 1. The van der Waals surface area contributed by atoms with Gasteiger partial charge in [0, 0.05) is 16.1 Å². The predicted octanol–water partition coefficient (Wildman–Crippen LogP) is 6.52. The second kappa shape index (κ2) is 7.08. The number of amides is 1. The highest BCUT2D eigenvalue weighted by Crippen LogP contribution is 2.40. The first kappa shape index (κ1) is 17.0. The minimum atomic E-state index is -0.239. The monoisotopic (exact) mass is 398 g/mol. The van der Waals surface area contributed by atoms with Gasteiger partial charge >= 0.3 is 0 Å². The Bertz CT molecular complexity index is 1080. The third-order valence-electron chi connectivity index (χ3n) is 3.85. The number of fused-ring (bicyclic) bond motifs is 1. The van der Waals surface area contributed by atoms with E-state index < -0.39 is 0 Å². The standard InChI is InChI=1S/C20H12Cl2N2OS/c21-13-10-14(20-23-16-8-4-5-9-17(16)26-20)18(15(22)11-13)24-19(25)12-6-2-1-3-7-12/h1-11H,(H,24,25). The number of halogens is 2. The van der Waals surface area contributed by atoms with Crippen LogP contribution in [0.3, 0.4) is 0 Å². The lowest BCUT2D eigenvalue weighted by Crippen LogP contribution is -2.12. The van der Waals surface area contributed by atoms with Crippen molar-refractivity contribution in [3.8, 4) is 10.6 Å². The molecular weight excluding hydrogens is 387 g/mol. The summed E-state index contributed by atoms with van der Waals surface area (Å²) in [7, 11) is 0. The Balaban J connectivity index is 1.80. The molecule has 0 unspecified atom stereocenters. The highest BCUT2D eigenvalue weighted by Gasteiger charge is 2.17. The van der Waals surface area contributed by atoms with Gasteiger partial charge in [-0.2, -0.15) is 0 Å². The predicted molar refractivity (Wildman–Crippen MR) is 109 cm³/mol. The Kier molecular flexibility index (Phi) is 4.64. The normalized spacial score (nSPS) is 10.8. The summed E-state index contributed by atoms with van der Waals surface area (Å²) in [5.74, 6) is -0.239. The molecule has 1 aromatic heterocycles. The summed E-state index contributed by atoms with van der Waals surface area (Å²) >= 11 is 14.1. The van der Waals surface area contributed by atoms with E-state index in [9.17, 15) is 4.79 Å². The van der Waals surface area contributed by atoms with Gasteiger partial charge in [0.15, 0.2) is 0 Å². The first-order chi connectivity index (χ1) is 12.6. The molecule has 0 aliphatic rings. The number of hydrogen-bond acceptors (Lipinski definition) is 3. The van der Waals surface area contributed by atoms with Gasteiger partial charge in [0.05, 0.1) is 20.9 Å². The van der Waals surface area contributed by atoms with Gasteiger partial charge < -0.3 is 5.32 Å². The van der Waals surface area contributed by atoms with Crippen LogP contribution in [0.25, 0.3) is 20.8 Å². The number of benzene rings is 3. The molecule has 4 rings (SSSR count). The summed E-state index contributed by atoms with van der Waals surface area (Å²) < 4.78 is 1.05. The van der Waals surface area contributed by atoms with E-state index in [2.05, 4.69) is 10.3 Å². The lowest BCUT2D eigenvalue weighted by atomic mass is 10.1. The van der Waals surface area contributed by atoms with Crippen molar-refractivity contribution in [1.29, 1.82) is 0 Å². The van der Waals surface area contributed by atoms with Crippen molar-refractivity contribution in [1.82, 2.24) is 4.98 Å². The molecule has 0 atom stereocenters. The molecule has 0 fully saturated rings. The average molecular weight is 399 g/mol. The number of para-hydroxylation sites is 1. The molecule has 26 heavy (non-hydrogen) atoms. The van der Waals surface area contributed by atoms with Crippen LogP contribution in [0.1, 0.15) is 10.4 Å². The molecule has 0 spiro atoms. The molecule has 1 amide bonds. The lowest BCUT2D eigenvalue weighted by Gasteiger charge is -2.12. The zero-order valence-electron chi connectivity index (χ0n) is 13.4. The molecule has 3 aromatic carbocycles. The van der Waals surface area contributed by atoms with E-state index >= 15 is 0 Å². The molecule has 0 bridgehead atoms. The number of nitrogens with one attached hydrogen (secondary N) is 1. The van der Waals surface area contributed by atoms with Gasteiger partial charge in [0.25, 0.3) is 5.91 Å². The van der Waals surface area contributed by atoms with Crippen molar-refractivity contribution in [2.24, 2.45) is 0 Å². The SMILES string of the molecule is O=C(Nc1c(Cl)cc(Cl)cc1-c1nc2ccccc2s1)c1ccccc1. The molecule has 1 heterocycles. The summed E-state index contributed by atoms with van der Waals surface area (Å²) in [6.07, 6.45) is 0. The molecule has 0 saturated carbocycles. The van der Waals surface area contributed by atoms with E-state index in [-0.39, 0.29) is 5.91 Å². The summed E-state index contributed by atoms with van der Waals surface area (Å²) in [5.41, 5.74) is 2.65. The van der Waals surface area contributed by atoms with E-state index in [1.165, 1.54) is 11.3 Å². The fourth-order valence-electron chi connectivity index (χ4n) is 2.63. The Morgan fingerprint density at radius 3 is 2.46 bits per heavy atom. The van der Waals surface area contributed by atoms with Crippen molar-refractivity contribution in [3.05, 3.63) is 82.3 Å². The van der Waals surface area contributed by atoms with E-state index in [1.54, 1.807) is 24.3 Å². The first-order valence-corrected chi connectivity index (χ1v) is 9.40. The Morgan fingerprint density at radius 1 is 0.962 bits per heavy atom. The van der Waals surface area contributed by atoms with Gasteiger partial charge in [-0.3, -0.25) is 4.79 Å². The van der Waals surface area contributed by atoms with Crippen molar-refractivity contribution in [3.63, 3.8) is 0 Å². The van der Waals surface area contributed by atoms with Crippen molar-refractivity contribution < 1.29 is 4.79 Å². The average Bonchev–Trinajstić information content (AvgIpc) is 3.08. The molecule has 4 aromatic rings. The largest absolute Gasteiger partial charge is 0.320 e. The molecule has 0 aliphatic carbocycles. The Morgan fingerprint density at radius 2 is 1.69 bits per heavy atom. The summed E-state index contributed by atoms with van der Waals surface area (Å²) in [6.45, 7) is 0. The van der Waals surface area contributed by atoms with E-state index in [4.69, 9.17) is 23.2 Å². The molecule has 1 N–H and O–H groups in total. The van der Waals surface area contributed by atoms with Gasteiger partial charge in [0.1, 0.15) is 5.01 Å². The maximum Gasteiger partial charge on any atom is 0.255 e. The second-order valence-electron chi connectivity index (χ2n) is 5.62. The van der Waals surface area contributed by atoms with E-state index in [1.807, 2.05) is 42.5 Å². The van der Waals surface area contributed by atoms with Gasteiger partial charge in [-0.1, -0.05) is 53.5 Å². The minimum Gasteiger partial charge on any atom is -0.320 e. The fourth-order valence-corrected chi connectivity index (χ4v) is 4.16. The first-order valence-electron chi connectivity index (χ1n) is 7.83. The maximum absolute atomic E-state index is 12.6. The number of aromatic nitrogens is 1. The van der Waals surface area contributed by atoms with Crippen molar-refractivity contribution in [2.45, 2.75) is 0 Å². The van der Waals surface area contributed by atoms with Crippen LogP contribution in [0.5, 0.6) is 0 Å². The van der Waals surface area contributed by atoms with Crippen molar-refractivity contribution >= 4 is 56.3 Å². The van der Waals surface area contributed by atoms with Gasteiger partial charge in [-0.15, -0.1) is 11.3 Å². The van der Waals surface area contributed by atoms with E-state index in [0.29, 0.717) is 26.9 Å². The van der Waals surface area contributed by atoms with Crippen LogP contribution in [0.2, 0.25) is 10.0 Å². The van der Waals surface area contributed by atoms with Crippen LogP contribution in [0, 0.1) is 0 Å². The van der Waals surface area contributed by atoms with Crippen molar-refractivity contribution in [2.75, 3.05) is 5.32 Å². The third kappa shape index (κ3) is 3.31. The van der Waals surface area contributed by atoms with E-state index in [0.717, 1.165) is 15.2 Å². The van der Waals surface area contributed by atoms with Gasteiger partial charge in [0.2, 0.25) is 0 Å². The topological polar surface area (TPSA) is 42.0 Å². The van der Waals surface area contributed by atoms with Crippen LogP contribution in [0.15, 0.2) is 66.7 Å². The fraction of sp³-hybridized carbons (Fsp3) is 0. The van der Waals surface area contributed by atoms with Crippen LogP contribution in [-0.2, 0) is 0 Å². The number of rotatable bonds is 3. The number of anilines is 1. The molecule has 0 saturated heterocycles. The maximum atomic E-state index is 12.6. The number of carbonyl (C=O) groups is 1. The number of thiazole rings is 1. The number of carbonyl (C=O) groups excluding carboxylic acids is 1. The summed E-state index contributed by atoms with van der Waals surface area (Å²) in [5, 5.41) is 4.51. The summed E-state index contributed by atoms with van der Waals surface area (Å²) in [6, 6.07) is 20.2. The summed E-state index contributed by atoms with van der Waals surface area (Å²) in [4.78, 5) is 17.2. The third-order valence-corrected chi connectivity index (χ3v) is 5.44. The second-order valence-corrected chi connectivity index (χ2v) is 7.49. The molecule has 0 radical (unpaired) electrons. The Hall–Kier alpha value is -2.40. The smallest absolute Gasteiger partial charge is 0.255 e. The molecular formula is C20H12Cl2N2OS. The minimum absolute atomic E-state index is 0.239. The molecule has 6 heteroatoms. The van der Waals surface area contributed by atoms with Crippen LogP contribution < -0.4 is 5.32 Å². The van der Waals surface area contributed by atoms with Crippen LogP contribution in [0.4, 0.5) is 5.69 Å². The zero-order valence-corrected chi connectivity index (χ0v) is 15.7. The zero-order chi connectivity index (χ0) is 18.1. The van der Waals surface area contributed by atoms with Crippen LogP contribution >= 0.6 is 34.5 Å². The van der Waals surface area contributed by atoms with Gasteiger partial charge in [-0.05, 0) is 36.4 Å². The van der Waals surface area contributed by atoms with Crippen LogP contribution in [-0.4, -0.2) is 10.9 Å². The lowest BCUT2D eigenvalue weighted by molar-refractivity contribution is 0.102. The highest BCUT2D eigenvalue weighted by atomic mass is 35.5. The molecule has 3 nitrogen and oxygen atoms in total. The number of hydrogen-bond donors (Lipinski definition) is 1. The molecule has 0 aliphatic heterocycles. The Labute approximate surface area is 164 Å². The molecule has 128 valence electrons. The highest BCUT2D eigenvalue weighted by molar-refractivity contribution is 7.21.